The topological polar surface area (TPSA) is 73.3 Å². The number of aromatic nitrogens is 1. The van der Waals surface area contributed by atoms with E-state index in [4.69, 9.17) is 0 Å². The number of quaternary nitrogens is 1. The van der Waals surface area contributed by atoms with Crippen molar-refractivity contribution in [1.29, 1.82) is 0 Å². The molecule has 2 rings (SSSR count). The van der Waals surface area contributed by atoms with Crippen molar-refractivity contribution in [1.82, 2.24) is 14.4 Å². The molecule has 2 heterocycles. The van der Waals surface area contributed by atoms with Crippen LogP contribution in [0.15, 0.2) is 18.3 Å². The van der Waals surface area contributed by atoms with Gasteiger partial charge in [-0.15, -0.1) is 0 Å². The van der Waals surface area contributed by atoms with E-state index in [9.17, 15) is 19.1 Å². The van der Waals surface area contributed by atoms with Gasteiger partial charge in [-0.1, -0.05) is 0 Å². The first-order chi connectivity index (χ1) is 9.63. The van der Waals surface area contributed by atoms with Crippen LogP contribution in [0.25, 0.3) is 0 Å². The summed E-state index contributed by atoms with van der Waals surface area (Å²) in [6.07, 6.45) is 1.29. The second-order valence-electron chi connectivity index (χ2n) is 6.20. The third-order valence-electron chi connectivity index (χ3n) is 4.11. The third-order valence-corrected chi connectivity index (χ3v) is 4.11. The van der Waals surface area contributed by atoms with Crippen LogP contribution in [-0.2, 0) is 4.79 Å². The van der Waals surface area contributed by atoms with Crippen molar-refractivity contribution in [3.05, 3.63) is 24.3 Å². The first-order valence-electron chi connectivity index (χ1n) is 6.60. The van der Waals surface area contributed by atoms with Crippen LogP contribution < -0.4 is 9.59 Å². The van der Waals surface area contributed by atoms with Crippen LogP contribution in [0.2, 0.25) is 0 Å². The number of hydrogen-bond donors (Lipinski definition) is 0. The van der Waals surface area contributed by atoms with Crippen molar-refractivity contribution in [3.63, 3.8) is 0 Å². The van der Waals surface area contributed by atoms with E-state index in [1.54, 1.807) is 20.8 Å². The molecule has 0 bridgehead atoms. The standard InChI is InChI=1S/C14H18FN3O3/c1-14(2,3)18(10-6-5-7-16-11(10)15)8-9(12(19)20)17(4)13(18)21/h5-7,9H,8H2,1-4H3. The number of carbonyl (C=O) groups is 2. The highest BCUT2D eigenvalue weighted by Crippen LogP contribution is 2.40. The van der Waals surface area contributed by atoms with Gasteiger partial charge in [-0.3, -0.25) is 4.90 Å². The maximum absolute atomic E-state index is 14.2. The molecule has 1 fully saturated rings. The van der Waals surface area contributed by atoms with Gasteiger partial charge in [0.15, 0.2) is 5.69 Å². The van der Waals surface area contributed by atoms with Crippen LogP contribution in [-0.4, -0.2) is 47.1 Å². The van der Waals surface area contributed by atoms with E-state index in [0.29, 0.717) is 0 Å². The van der Waals surface area contributed by atoms with Crippen LogP contribution >= 0.6 is 0 Å². The lowest BCUT2D eigenvalue weighted by Gasteiger charge is -2.41. The largest absolute Gasteiger partial charge is 0.548 e. The smallest absolute Gasteiger partial charge is 0.425 e. The normalized spacial score (nSPS) is 26.2. The monoisotopic (exact) mass is 295 g/mol. The number of nitrogens with zero attached hydrogens (tertiary/aromatic N) is 3. The Balaban J connectivity index is 2.69. The number of carbonyl (C=O) groups excluding carboxylic acids is 2. The van der Waals surface area contributed by atoms with Crippen molar-refractivity contribution in [2.45, 2.75) is 32.4 Å². The Kier molecular flexibility index (Phi) is 3.49. The molecule has 0 saturated carbocycles. The van der Waals surface area contributed by atoms with Crippen molar-refractivity contribution in [2.75, 3.05) is 13.6 Å². The zero-order valence-electron chi connectivity index (χ0n) is 12.5. The van der Waals surface area contributed by atoms with Gasteiger partial charge in [0.25, 0.3) is 5.95 Å². The Bertz CT molecular complexity index is 599. The van der Waals surface area contributed by atoms with E-state index in [-0.39, 0.29) is 12.2 Å². The molecule has 7 heteroatoms. The zero-order chi connectivity index (χ0) is 16.0. The molecule has 1 aromatic rings. The number of carboxylic acids is 1. The Hall–Kier alpha value is -2.02. The molecule has 2 unspecified atom stereocenters. The lowest BCUT2D eigenvalue weighted by atomic mass is 10.00. The molecular formula is C14H18FN3O3. The Morgan fingerprint density at radius 2 is 2.14 bits per heavy atom. The molecular weight excluding hydrogens is 277 g/mol. The number of amides is 2. The summed E-state index contributed by atoms with van der Waals surface area (Å²) in [6, 6.07) is 1.42. The predicted octanol–water partition coefficient (Wildman–Crippen LogP) is 0.510. The van der Waals surface area contributed by atoms with Crippen molar-refractivity contribution in [3.8, 4) is 0 Å². The van der Waals surface area contributed by atoms with Gasteiger partial charge in [0.1, 0.15) is 18.1 Å². The molecule has 1 aliphatic heterocycles. The molecule has 0 radical (unpaired) electrons. The van der Waals surface area contributed by atoms with Gasteiger partial charge in [0.05, 0.1) is 5.97 Å². The fraction of sp³-hybridized carbons (Fsp3) is 0.500. The summed E-state index contributed by atoms with van der Waals surface area (Å²) in [5, 5.41) is 11.3. The van der Waals surface area contributed by atoms with E-state index in [0.717, 1.165) is 4.90 Å². The lowest BCUT2D eigenvalue weighted by molar-refractivity contribution is -0.309. The number of pyridine rings is 1. The molecule has 114 valence electrons. The minimum Gasteiger partial charge on any atom is -0.548 e. The molecule has 1 aromatic heterocycles. The van der Waals surface area contributed by atoms with Gasteiger partial charge >= 0.3 is 6.03 Å². The summed E-state index contributed by atoms with van der Waals surface area (Å²) in [6.45, 7) is 5.21. The molecule has 21 heavy (non-hydrogen) atoms. The summed E-state index contributed by atoms with van der Waals surface area (Å²) >= 11 is 0. The molecule has 0 spiro atoms. The summed E-state index contributed by atoms with van der Waals surface area (Å²) in [7, 11) is 1.39. The van der Waals surface area contributed by atoms with Crippen LogP contribution in [0.1, 0.15) is 20.8 Å². The van der Waals surface area contributed by atoms with E-state index < -0.39 is 34.0 Å². The van der Waals surface area contributed by atoms with Gasteiger partial charge in [-0.25, -0.2) is 9.78 Å². The number of hydrogen-bond acceptors (Lipinski definition) is 4. The number of carboxylic acid groups (broad SMARTS) is 1. The first-order valence-corrected chi connectivity index (χ1v) is 6.60. The number of likely N-dealkylation sites (N-methyl/N-ethyl adjacent to an activating group) is 1. The van der Waals surface area contributed by atoms with Gasteiger partial charge in [0, 0.05) is 19.3 Å². The van der Waals surface area contributed by atoms with Crippen molar-refractivity contribution >= 4 is 17.7 Å². The molecule has 2 amide bonds. The molecule has 2 atom stereocenters. The quantitative estimate of drug-likeness (QED) is 0.588. The van der Waals surface area contributed by atoms with Crippen molar-refractivity contribution in [2.24, 2.45) is 0 Å². The average molecular weight is 295 g/mol. The second kappa shape index (κ2) is 4.77. The van der Waals surface area contributed by atoms with Crippen LogP contribution in [0, 0.1) is 5.95 Å². The maximum Gasteiger partial charge on any atom is 0.425 e. The summed E-state index contributed by atoms with van der Waals surface area (Å²) < 4.78 is 13.7. The highest BCUT2D eigenvalue weighted by molar-refractivity contribution is 5.95. The number of aliphatic carboxylic acids is 1. The molecule has 6 nitrogen and oxygen atoms in total. The SMILES string of the molecule is CN1C(=O)[N+](c2cccnc2F)(C(C)(C)C)CC1C(=O)[O-]. The van der Waals surface area contributed by atoms with Gasteiger partial charge in [-0.2, -0.15) is 8.87 Å². The lowest BCUT2D eigenvalue weighted by Crippen LogP contribution is -2.64. The fourth-order valence-corrected chi connectivity index (χ4v) is 2.88. The number of rotatable bonds is 2. The third kappa shape index (κ3) is 2.08. The Morgan fingerprint density at radius 1 is 1.52 bits per heavy atom. The highest BCUT2D eigenvalue weighted by atomic mass is 19.1. The number of halogens is 1. The van der Waals surface area contributed by atoms with Gasteiger partial charge in [0.2, 0.25) is 0 Å². The van der Waals surface area contributed by atoms with Gasteiger partial charge in [-0.05, 0) is 26.8 Å². The molecule has 0 aliphatic carbocycles. The predicted molar refractivity (Wildman–Crippen MR) is 72.6 cm³/mol. The molecule has 1 aliphatic rings. The van der Waals surface area contributed by atoms with Gasteiger partial charge < -0.3 is 9.90 Å². The van der Waals surface area contributed by atoms with E-state index in [1.165, 1.54) is 25.4 Å². The Labute approximate surface area is 122 Å². The maximum atomic E-state index is 14.2. The zero-order valence-corrected chi connectivity index (χ0v) is 12.5. The molecule has 0 aromatic carbocycles. The molecule has 1 saturated heterocycles. The molecule has 0 N–H and O–H groups in total. The summed E-state index contributed by atoms with van der Waals surface area (Å²) in [5.41, 5.74) is -0.662. The minimum atomic E-state index is -1.35. The number of urea groups is 1. The van der Waals surface area contributed by atoms with E-state index in [1.807, 2.05) is 0 Å². The average Bonchev–Trinajstić information content (AvgIpc) is 2.64. The Morgan fingerprint density at radius 3 is 2.57 bits per heavy atom. The fourth-order valence-electron chi connectivity index (χ4n) is 2.88. The van der Waals surface area contributed by atoms with Crippen molar-refractivity contribution < 1.29 is 19.1 Å². The summed E-state index contributed by atoms with van der Waals surface area (Å²) in [5.74, 6) is -2.12. The van der Waals surface area contributed by atoms with Crippen LogP contribution in [0.4, 0.5) is 14.9 Å². The minimum absolute atomic E-state index is 0.0746. The summed E-state index contributed by atoms with van der Waals surface area (Å²) in [4.78, 5) is 28.7. The van der Waals surface area contributed by atoms with E-state index >= 15 is 0 Å². The van der Waals surface area contributed by atoms with Crippen LogP contribution in [0.5, 0.6) is 0 Å². The second-order valence-corrected chi connectivity index (χ2v) is 6.20. The highest BCUT2D eigenvalue weighted by Gasteiger charge is 2.60. The van der Waals surface area contributed by atoms with Crippen LogP contribution in [0.3, 0.4) is 0 Å². The van der Waals surface area contributed by atoms with E-state index in [2.05, 4.69) is 4.98 Å². The first kappa shape index (κ1) is 15.4.